The molecule has 0 saturated heterocycles. The number of aromatic carboxylic acids is 1. The molecule has 0 aliphatic heterocycles. The zero-order chi connectivity index (χ0) is 11.5. The van der Waals surface area contributed by atoms with Gasteiger partial charge in [0.2, 0.25) is 0 Å². The van der Waals surface area contributed by atoms with Crippen LogP contribution in [-0.2, 0) is 0 Å². The van der Waals surface area contributed by atoms with Crippen LogP contribution in [0, 0.1) is 0 Å². The molecule has 1 aromatic heterocycles. The van der Waals surface area contributed by atoms with Crippen molar-refractivity contribution < 1.29 is 9.90 Å². The van der Waals surface area contributed by atoms with Crippen LogP contribution in [0.5, 0.6) is 0 Å². The summed E-state index contributed by atoms with van der Waals surface area (Å²) in [5.74, 6) is -1.11. The lowest BCUT2D eigenvalue weighted by Crippen LogP contribution is -2.14. The first-order valence-corrected chi connectivity index (χ1v) is 4.70. The Kier molecular flexibility index (Phi) is 2.55. The van der Waals surface area contributed by atoms with Gasteiger partial charge in [0.05, 0.1) is 11.1 Å². The van der Waals surface area contributed by atoms with Crippen LogP contribution in [-0.4, -0.2) is 16.1 Å². The van der Waals surface area contributed by atoms with E-state index in [1.807, 2.05) is 0 Å². The largest absolute Gasteiger partial charge is 0.478 e. The maximum atomic E-state index is 11.6. The number of carboxylic acids is 1. The Morgan fingerprint density at radius 3 is 2.44 bits per heavy atom. The van der Waals surface area contributed by atoms with Crippen molar-refractivity contribution in [2.75, 3.05) is 0 Å². The molecular weight excluding hydrogens is 206 g/mol. The van der Waals surface area contributed by atoms with Crippen molar-refractivity contribution in [3.05, 3.63) is 58.5 Å². The van der Waals surface area contributed by atoms with Gasteiger partial charge in [-0.1, -0.05) is 30.3 Å². The van der Waals surface area contributed by atoms with Crippen LogP contribution in [0.1, 0.15) is 10.4 Å². The molecule has 0 amide bonds. The highest BCUT2D eigenvalue weighted by atomic mass is 16.4. The second kappa shape index (κ2) is 4.02. The van der Waals surface area contributed by atoms with E-state index in [0.29, 0.717) is 5.56 Å². The average molecular weight is 215 g/mol. The zero-order valence-corrected chi connectivity index (χ0v) is 8.31. The molecule has 0 aliphatic rings. The molecule has 0 fully saturated rings. The first kappa shape index (κ1) is 10.2. The standard InChI is InChI=1S/C12H9NO3/c14-11-10(8-4-2-1-3-5-8)9(12(15)16)6-7-13-11/h1-7H,(H,13,14)(H,15,16). The first-order chi connectivity index (χ1) is 7.70. The highest BCUT2D eigenvalue weighted by Gasteiger charge is 2.14. The minimum absolute atomic E-state index is 0.00921. The summed E-state index contributed by atoms with van der Waals surface area (Å²) in [5, 5.41) is 9.00. The smallest absolute Gasteiger partial charge is 0.336 e. The van der Waals surface area contributed by atoms with Crippen molar-refractivity contribution in [2.45, 2.75) is 0 Å². The van der Waals surface area contributed by atoms with E-state index in [1.165, 1.54) is 12.3 Å². The Balaban J connectivity index is 2.74. The number of carboxylic acid groups (broad SMARTS) is 1. The van der Waals surface area contributed by atoms with Crippen molar-refractivity contribution in [1.82, 2.24) is 4.98 Å². The molecule has 0 unspecified atom stereocenters. The zero-order valence-electron chi connectivity index (χ0n) is 8.31. The molecule has 80 valence electrons. The Hall–Kier alpha value is -2.36. The number of nitrogens with one attached hydrogen (secondary N) is 1. The fourth-order valence-electron chi connectivity index (χ4n) is 1.55. The second-order valence-corrected chi connectivity index (χ2v) is 3.27. The first-order valence-electron chi connectivity index (χ1n) is 4.70. The van der Waals surface area contributed by atoms with Crippen molar-refractivity contribution in [1.29, 1.82) is 0 Å². The molecule has 0 spiro atoms. The third-order valence-corrected chi connectivity index (χ3v) is 2.25. The molecule has 1 aromatic carbocycles. The monoisotopic (exact) mass is 215 g/mol. The predicted octanol–water partition coefficient (Wildman–Crippen LogP) is 1.74. The lowest BCUT2D eigenvalue weighted by atomic mass is 10.0. The Labute approximate surface area is 91.2 Å². The van der Waals surface area contributed by atoms with Gasteiger partial charge in [-0.3, -0.25) is 4.79 Å². The maximum Gasteiger partial charge on any atom is 0.336 e. The van der Waals surface area contributed by atoms with E-state index in [2.05, 4.69) is 4.98 Å². The van der Waals surface area contributed by atoms with Crippen molar-refractivity contribution in [3.63, 3.8) is 0 Å². The Bertz CT molecular complexity index is 572. The van der Waals surface area contributed by atoms with Gasteiger partial charge in [-0.05, 0) is 11.6 Å². The highest BCUT2D eigenvalue weighted by Crippen LogP contribution is 2.18. The summed E-state index contributed by atoms with van der Waals surface area (Å²) < 4.78 is 0. The van der Waals surface area contributed by atoms with Gasteiger partial charge < -0.3 is 10.1 Å². The van der Waals surface area contributed by atoms with Gasteiger partial charge in [0.1, 0.15) is 0 Å². The predicted molar refractivity (Wildman–Crippen MR) is 59.5 cm³/mol. The van der Waals surface area contributed by atoms with Crippen LogP contribution in [0.2, 0.25) is 0 Å². The second-order valence-electron chi connectivity index (χ2n) is 3.27. The average Bonchev–Trinajstić information content (AvgIpc) is 2.29. The summed E-state index contributed by atoms with van der Waals surface area (Å²) in [6.07, 6.45) is 1.33. The van der Waals surface area contributed by atoms with E-state index >= 15 is 0 Å². The molecule has 0 atom stereocenters. The quantitative estimate of drug-likeness (QED) is 0.801. The van der Waals surface area contributed by atoms with Crippen LogP contribution < -0.4 is 5.56 Å². The SMILES string of the molecule is O=C(O)c1cc[nH]c(=O)c1-c1ccccc1. The minimum atomic E-state index is -1.11. The number of hydrogen-bond donors (Lipinski definition) is 2. The lowest BCUT2D eigenvalue weighted by Gasteiger charge is -2.03. The van der Waals surface area contributed by atoms with E-state index < -0.39 is 11.5 Å². The van der Waals surface area contributed by atoms with Crippen LogP contribution in [0.15, 0.2) is 47.4 Å². The molecule has 4 nitrogen and oxygen atoms in total. The molecule has 4 heteroatoms. The molecule has 16 heavy (non-hydrogen) atoms. The van der Waals surface area contributed by atoms with E-state index in [9.17, 15) is 9.59 Å². The van der Waals surface area contributed by atoms with Gasteiger partial charge in [0, 0.05) is 6.20 Å². The van der Waals surface area contributed by atoms with Crippen LogP contribution >= 0.6 is 0 Å². The van der Waals surface area contributed by atoms with Crippen LogP contribution in [0.25, 0.3) is 11.1 Å². The van der Waals surface area contributed by atoms with E-state index in [-0.39, 0.29) is 11.1 Å². The van der Waals surface area contributed by atoms with E-state index in [4.69, 9.17) is 5.11 Å². The van der Waals surface area contributed by atoms with Gasteiger partial charge in [0.15, 0.2) is 0 Å². The number of pyridine rings is 1. The number of aromatic amines is 1. The Morgan fingerprint density at radius 2 is 1.81 bits per heavy atom. The molecule has 2 rings (SSSR count). The molecular formula is C12H9NO3. The molecule has 0 saturated carbocycles. The summed E-state index contributed by atoms with van der Waals surface area (Å²) in [4.78, 5) is 25.1. The number of carbonyl (C=O) groups is 1. The van der Waals surface area contributed by atoms with Crippen LogP contribution in [0.3, 0.4) is 0 Å². The highest BCUT2D eigenvalue weighted by molar-refractivity contribution is 5.95. The molecule has 0 bridgehead atoms. The van der Waals surface area contributed by atoms with E-state index in [1.54, 1.807) is 30.3 Å². The maximum absolute atomic E-state index is 11.6. The lowest BCUT2D eigenvalue weighted by molar-refractivity contribution is 0.0697. The normalized spacial score (nSPS) is 10.0. The van der Waals surface area contributed by atoms with Gasteiger partial charge in [-0.15, -0.1) is 0 Å². The fourth-order valence-corrected chi connectivity index (χ4v) is 1.55. The van der Waals surface area contributed by atoms with Gasteiger partial charge in [-0.25, -0.2) is 4.79 Å². The third-order valence-electron chi connectivity index (χ3n) is 2.25. The molecule has 2 N–H and O–H groups in total. The molecule has 2 aromatic rings. The number of aromatic nitrogens is 1. The van der Waals surface area contributed by atoms with E-state index in [0.717, 1.165) is 0 Å². The van der Waals surface area contributed by atoms with Crippen molar-refractivity contribution in [3.8, 4) is 11.1 Å². The number of H-pyrrole nitrogens is 1. The summed E-state index contributed by atoms with van der Waals surface area (Å²) in [7, 11) is 0. The molecule has 0 aliphatic carbocycles. The van der Waals surface area contributed by atoms with Gasteiger partial charge in [-0.2, -0.15) is 0 Å². The van der Waals surface area contributed by atoms with Gasteiger partial charge >= 0.3 is 5.97 Å². The number of rotatable bonds is 2. The van der Waals surface area contributed by atoms with Crippen LogP contribution in [0.4, 0.5) is 0 Å². The number of hydrogen-bond acceptors (Lipinski definition) is 2. The third kappa shape index (κ3) is 1.72. The summed E-state index contributed by atoms with van der Waals surface area (Å²) >= 11 is 0. The molecule has 0 radical (unpaired) electrons. The van der Waals surface area contributed by atoms with Gasteiger partial charge in [0.25, 0.3) is 5.56 Å². The topological polar surface area (TPSA) is 70.2 Å². The summed E-state index contributed by atoms with van der Waals surface area (Å²) in [5.41, 5.74) is 0.401. The van der Waals surface area contributed by atoms with Crippen molar-refractivity contribution >= 4 is 5.97 Å². The summed E-state index contributed by atoms with van der Waals surface area (Å²) in [6.45, 7) is 0. The number of benzene rings is 1. The fraction of sp³-hybridized carbons (Fsp3) is 0. The minimum Gasteiger partial charge on any atom is -0.478 e. The van der Waals surface area contributed by atoms with Crippen molar-refractivity contribution in [2.24, 2.45) is 0 Å². The molecule has 1 heterocycles. The summed E-state index contributed by atoms with van der Waals surface area (Å²) in [6, 6.07) is 10.1. The Morgan fingerprint density at radius 1 is 1.12 bits per heavy atom.